The standard InChI is InChI=1S/C15H15ClINO2/c1-8-4-9(2)6-11(5-8)20-14-12(7-16)10(3)18-15(19)13(14)17/h4-6H,7H2,1-3H3,(H,18,19). The molecule has 0 radical (unpaired) electrons. The summed E-state index contributed by atoms with van der Waals surface area (Å²) < 4.78 is 6.46. The molecule has 1 heterocycles. The zero-order valence-electron chi connectivity index (χ0n) is 11.5. The lowest BCUT2D eigenvalue weighted by molar-refractivity contribution is 0.471. The molecule has 2 aromatic rings. The summed E-state index contributed by atoms with van der Waals surface area (Å²) in [4.78, 5) is 14.6. The van der Waals surface area contributed by atoms with Gasteiger partial charge in [0.1, 0.15) is 9.32 Å². The minimum Gasteiger partial charge on any atom is -0.456 e. The largest absolute Gasteiger partial charge is 0.456 e. The van der Waals surface area contributed by atoms with E-state index in [9.17, 15) is 4.79 Å². The first-order valence-electron chi connectivity index (χ1n) is 6.15. The Morgan fingerprint density at radius 3 is 2.35 bits per heavy atom. The maximum Gasteiger partial charge on any atom is 0.265 e. The van der Waals surface area contributed by atoms with Crippen molar-refractivity contribution in [2.45, 2.75) is 26.7 Å². The molecule has 5 heteroatoms. The third kappa shape index (κ3) is 3.17. The van der Waals surface area contributed by atoms with Crippen LogP contribution in [0.5, 0.6) is 11.5 Å². The zero-order valence-corrected chi connectivity index (χ0v) is 14.4. The number of aromatic nitrogens is 1. The van der Waals surface area contributed by atoms with Crippen LogP contribution in [0.25, 0.3) is 0 Å². The summed E-state index contributed by atoms with van der Waals surface area (Å²) in [6.45, 7) is 5.84. The van der Waals surface area contributed by atoms with E-state index in [1.165, 1.54) is 0 Å². The summed E-state index contributed by atoms with van der Waals surface area (Å²) in [5, 5.41) is 0. The van der Waals surface area contributed by atoms with E-state index in [0.29, 0.717) is 15.2 Å². The Hall–Kier alpha value is -1.01. The smallest absolute Gasteiger partial charge is 0.265 e. The van der Waals surface area contributed by atoms with Crippen molar-refractivity contribution < 1.29 is 4.74 Å². The summed E-state index contributed by atoms with van der Waals surface area (Å²) in [5.41, 5.74) is 3.63. The van der Waals surface area contributed by atoms with Crippen LogP contribution >= 0.6 is 34.2 Å². The van der Waals surface area contributed by atoms with Gasteiger partial charge in [0, 0.05) is 11.3 Å². The van der Waals surface area contributed by atoms with Gasteiger partial charge in [-0.15, -0.1) is 11.6 Å². The third-order valence-corrected chi connectivity index (χ3v) is 4.22. The number of rotatable bonds is 3. The molecule has 1 N–H and O–H groups in total. The molecule has 0 aliphatic carbocycles. The van der Waals surface area contributed by atoms with Gasteiger partial charge in [-0.3, -0.25) is 4.79 Å². The fourth-order valence-electron chi connectivity index (χ4n) is 2.08. The number of H-pyrrole nitrogens is 1. The van der Waals surface area contributed by atoms with Crippen molar-refractivity contribution in [2.24, 2.45) is 0 Å². The Kier molecular flexibility index (Phi) is 4.75. The number of hydrogen-bond donors (Lipinski definition) is 1. The predicted molar refractivity (Wildman–Crippen MR) is 90.1 cm³/mol. The number of alkyl halides is 1. The molecule has 0 aliphatic rings. The minimum atomic E-state index is -0.156. The van der Waals surface area contributed by atoms with E-state index < -0.39 is 0 Å². The molecule has 0 saturated carbocycles. The monoisotopic (exact) mass is 403 g/mol. The lowest BCUT2D eigenvalue weighted by Crippen LogP contribution is -2.15. The summed E-state index contributed by atoms with van der Waals surface area (Å²) >= 11 is 7.97. The number of halogens is 2. The van der Waals surface area contributed by atoms with E-state index >= 15 is 0 Å². The molecular formula is C15H15ClINO2. The number of nitrogens with one attached hydrogen (secondary N) is 1. The summed E-state index contributed by atoms with van der Waals surface area (Å²) in [6, 6.07) is 5.96. The van der Waals surface area contributed by atoms with E-state index in [1.54, 1.807) is 0 Å². The molecule has 1 aromatic carbocycles. The van der Waals surface area contributed by atoms with Crippen LogP contribution in [0.4, 0.5) is 0 Å². The average Bonchev–Trinajstić information content (AvgIpc) is 2.34. The number of benzene rings is 1. The highest BCUT2D eigenvalue weighted by Gasteiger charge is 2.15. The van der Waals surface area contributed by atoms with Gasteiger partial charge in [-0.05, 0) is 66.6 Å². The molecule has 106 valence electrons. The van der Waals surface area contributed by atoms with Gasteiger partial charge >= 0.3 is 0 Å². The first-order chi connectivity index (χ1) is 9.42. The van der Waals surface area contributed by atoms with Crippen LogP contribution < -0.4 is 10.3 Å². The average molecular weight is 404 g/mol. The van der Waals surface area contributed by atoms with Crippen LogP contribution in [0, 0.1) is 24.3 Å². The molecular weight excluding hydrogens is 389 g/mol. The second-order valence-electron chi connectivity index (χ2n) is 4.76. The maximum atomic E-state index is 11.9. The number of aromatic amines is 1. The lowest BCUT2D eigenvalue weighted by atomic mass is 10.1. The molecule has 0 fully saturated rings. The van der Waals surface area contributed by atoms with Crippen molar-refractivity contribution in [1.82, 2.24) is 4.98 Å². The summed E-state index contributed by atoms with van der Waals surface area (Å²) in [7, 11) is 0. The molecule has 0 aliphatic heterocycles. The Morgan fingerprint density at radius 1 is 1.20 bits per heavy atom. The number of aryl methyl sites for hydroxylation is 3. The van der Waals surface area contributed by atoms with Gasteiger partial charge in [0.25, 0.3) is 5.56 Å². The first kappa shape index (κ1) is 15.4. The van der Waals surface area contributed by atoms with Crippen molar-refractivity contribution in [3.63, 3.8) is 0 Å². The molecule has 20 heavy (non-hydrogen) atoms. The van der Waals surface area contributed by atoms with Gasteiger partial charge in [-0.1, -0.05) is 6.07 Å². The number of pyridine rings is 1. The van der Waals surface area contributed by atoms with Crippen molar-refractivity contribution in [3.05, 3.63) is 54.5 Å². The van der Waals surface area contributed by atoms with Gasteiger partial charge in [-0.2, -0.15) is 0 Å². The zero-order chi connectivity index (χ0) is 14.9. The van der Waals surface area contributed by atoms with Gasteiger partial charge in [0.15, 0.2) is 5.75 Å². The Bertz CT molecular complexity index is 690. The van der Waals surface area contributed by atoms with Gasteiger partial charge in [0.2, 0.25) is 0 Å². The SMILES string of the molecule is Cc1cc(C)cc(Oc2c(CCl)c(C)[nH]c(=O)c2I)c1. The normalized spacial score (nSPS) is 10.7. The molecule has 3 nitrogen and oxygen atoms in total. The minimum absolute atomic E-state index is 0.156. The van der Waals surface area contributed by atoms with Crippen LogP contribution in [0.15, 0.2) is 23.0 Å². The molecule has 0 bridgehead atoms. The molecule has 2 rings (SSSR count). The van der Waals surface area contributed by atoms with Crippen LogP contribution in [-0.4, -0.2) is 4.98 Å². The Balaban J connectivity index is 2.55. The predicted octanol–water partition coefficient (Wildman–Crippen LogP) is 4.44. The van der Waals surface area contributed by atoms with Crippen molar-refractivity contribution in [1.29, 1.82) is 0 Å². The quantitative estimate of drug-likeness (QED) is 0.608. The van der Waals surface area contributed by atoms with Gasteiger partial charge in [-0.25, -0.2) is 0 Å². The van der Waals surface area contributed by atoms with E-state index in [0.717, 1.165) is 28.1 Å². The summed E-state index contributed by atoms with van der Waals surface area (Å²) in [6.07, 6.45) is 0. The van der Waals surface area contributed by atoms with Crippen molar-refractivity contribution in [2.75, 3.05) is 0 Å². The van der Waals surface area contributed by atoms with E-state index in [1.807, 2.05) is 55.5 Å². The maximum absolute atomic E-state index is 11.9. The van der Waals surface area contributed by atoms with Gasteiger partial charge < -0.3 is 9.72 Å². The Morgan fingerprint density at radius 2 is 1.80 bits per heavy atom. The van der Waals surface area contributed by atoms with E-state index in [4.69, 9.17) is 16.3 Å². The Labute approximate surface area is 136 Å². The van der Waals surface area contributed by atoms with Crippen molar-refractivity contribution >= 4 is 34.2 Å². The van der Waals surface area contributed by atoms with Crippen LogP contribution in [0.2, 0.25) is 0 Å². The van der Waals surface area contributed by atoms with Crippen LogP contribution in [0.3, 0.4) is 0 Å². The molecule has 0 atom stereocenters. The topological polar surface area (TPSA) is 42.1 Å². The molecule has 0 saturated heterocycles. The van der Waals surface area contributed by atoms with E-state index in [-0.39, 0.29) is 5.56 Å². The van der Waals surface area contributed by atoms with E-state index in [2.05, 4.69) is 11.1 Å². The highest BCUT2D eigenvalue weighted by Crippen LogP contribution is 2.31. The highest BCUT2D eigenvalue weighted by molar-refractivity contribution is 14.1. The second kappa shape index (κ2) is 6.18. The molecule has 0 unspecified atom stereocenters. The van der Waals surface area contributed by atoms with Crippen molar-refractivity contribution in [3.8, 4) is 11.5 Å². The van der Waals surface area contributed by atoms with Gasteiger partial charge in [0.05, 0.1) is 5.88 Å². The lowest BCUT2D eigenvalue weighted by Gasteiger charge is -2.14. The highest BCUT2D eigenvalue weighted by atomic mass is 127. The molecule has 0 spiro atoms. The summed E-state index contributed by atoms with van der Waals surface area (Å²) in [5.74, 6) is 1.56. The number of ether oxygens (including phenoxy) is 1. The fourth-order valence-corrected chi connectivity index (χ4v) is 2.98. The number of hydrogen-bond acceptors (Lipinski definition) is 2. The molecule has 1 aromatic heterocycles. The van der Waals surface area contributed by atoms with Crippen LogP contribution in [0.1, 0.15) is 22.4 Å². The van der Waals surface area contributed by atoms with Crippen LogP contribution in [-0.2, 0) is 5.88 Å². The first-order valence-corrected chi connectivity index (χ1v) is 7.77. The fraction of sp³-hybridized carbons (Fsp3) is 0.267. The third-order valence-electron chi connectivity index (χ3n) is 2.98. The molecule has 0 amide bonds. The second-order valence-corrected chi connectivity index (χ2v) is 6.11.